The topological polar surface area (TPSA) is 39.1 Å². The van der Waals surface area contributed by atoms with Crippen molar-refractivity contribution in [2.45, 2.75) is 0 Å². The van der Waals surface area contributed by atoms with Crippen molar-refractivity contribution in [2.24, 2.45) is 0 Å². The normalized spacial score (nSPS) is 10.2. The maximum Gasteiger partial charge on any atom is 0.266 e. The van der Waals surface area contributed by atoms with Crippen LogP contribution in [0, 0.1) is 5.82 Å². The number of halogens is 2. The summed E-state index contributed by atoms with van der Waals surface area (Å²) in [7, 11) is 0. The quantitative estimate of drug-likeness (QED) is 0.770. The molecule has 0 aliphatic carbocycles. The Morgan fingerprint density at radius 2 is 2.06 bits per heavy atom. The van der Waals surface area contributed by atoms with E-state index in [1.807, 2.05) is 0 Å². The third kappa shape index (κ3) is 1.99. The molecule has 17 heavy (non-hydrogen) atoms. The van der Waals surface area contributed by atoms with E-state index in [-0.39, 0.29) is 16.3 Å². The molecule has 1 aromatic carbocycles. The van der Waals surface area contributed by atoms with Crippen LogP contribution in [0.25, 0.3) is 0 Å². The van der Waals surface area contributed by atoms with E-state index in [0.717, 1.165) is 10.6 Å². The van der Waals surface area contributed by atoms with Gasteiger partial charge in [0, 0.05) is 6.20 Å². The zero-order chi connectivity index (χ0) is 12.4. The third-order valence-corrected chi connectivity index (χ3v) is 2.61. The van der Waals surface area contributed by atoms with Crippen molar-refractivity contribution in [3.63, 3.8) is 0 Å². The van der Waals surface area contributed by atoms with E-state index in [0.29, 0.717) is 6.29 Å². The van der Waals surface area contributed by atoms with E-state index in [1.54, 1.807) is 0 Å². The molecule has 86 valence electrons. The number of nitrogens with zero attached hydrogens (tertiary/aromatic N) is 1. The van der Waals surface area contributed by atoms with E-state index in [2.05, 4.69) is 0 Å². The summed E-state index contributed by atoms with van der Waals surface area (Å²) in [5.74, 6) is -1.38. The molecular formula is C12H7ClFNO2. The molecule has 0 saturated carbocycles. The summed E-state index contributed by atoms with van der Waals surface area (Å²) in [5, 5.41) is 0.0144. The van der Waals surface area contributed by atoms with Gasteiger partial charge in [0.25, 0.3) is 5.91 Å². The molecule has 0 amide bonds. The van der Waals surface area contributed by atoms with Gasteiger partial charge in [0.1, 0.15) is 5.82 Å². The Bertz CT molecular complexity index is 572. The molecule has 2 rings (SSSR count). The molecular weight excluding hydrogens is 245 g/mol. The summed E-state index contributed by atoms with van der Waals surface area (Å²) < 4.78 is 14.6. The highest BCUT2D eigenvalue weighted by molar-refractivity contribution is 6.34. The van der Waals surface area contributed by atoms with E-state index in [1.165, 1.54) is 30.5 Å². The van der Waals surface area contributed by atoms with Gasteiger partial charge in [-0.05, 0) is 24.3 Å². The van der Waals surface area contributed by atoms with E-state index in [9.17, 15) is 14.0 Å². The van der Waals surface area contributed by atoms with Crippen LogP contribution in [0.15, 0.2) is 36.5 Å². The van der Waals surface area contributed by atoms with Crippen LogP contribution in [0.4, 0.5) is 4.39 Å². The molecule has 0 unspecified atom stereocenters. The lowest BCUT2D eigenvalue weighted by atomic mass is 10.2. The van der Waals surface area contributed by atoms with Crippen molar-refractivity contribution < 1.29 is 14.0 Å². The number of hydrogen-bond acceptors (Lipinski definition) is 2. The number of rotatable bonds is 2. The fraction of sp³-hybridized carbons (Fsp3) is 0. The van der Waals surface area contributed by atoms with Gasteiger partial charge in [-0.1, -0.05) is 17.7 Å². The van der Waals surface area contributed by atoms with Gasteiger partial charge in [-0.3, -0.25) is 14.2 Å². The summed E-state index contributed by atoms with van der Waals surface area (Å²) >= 11 is 5.77. The lowest BCUT2D eigenvalue weighted by Crippen LogP contribution is -2.15. The number of aromatic nitrogens is 1. The molecule has 2 aromatic rings. The Hall–Kier alpha value is -1.94. The minimum absolute atomic E-state index is 0.0144. The minimum Gasteiger partial charge on any atom is -0.296 e. The summed E-state index contributed by atoms with van der Waals surface area (Å²) in [6.45, 7) is 0. The van der Waals surface area contributed by atoms with Gasteiger partial charge < -0.3 is 0 Å². The number of hydrogen-bond donors (Lipinski definition) is 0. The van der Waals surface area contributed by atoms with Crippen LogP contribution in [0.1, 0.15) is 20.8 Å². The fourth-order valence-corrected chi connectivity index (χ4v) is 1.74. The first kappa shape index (κ1) is 11.5. The van der Waals surface area contributed by atoms with Crippen LogP contribution in [0.2, 0.25) is 5.02 Å². The predicted molar refractivity (Wildman–Crippen MR) is 61.0 cm³/mol. The van der Waals surface area contributed by atoms with E-state index < -0.39 is 11.7 Å². The second-order valence-electron chi connectivity index (χ2n) is 3.32. The first-order valence-corrected chi connectivity index (χ1v) is 5.14. The zero-order valence-corrected chi connectivity index (χ0v) is 9.32. The fourth-order valence-electron chi connectivity index (χ4n) is 1.50. The van der Waals surface area contributed by atoms with Crippen LogP contribution in [0.3, 0.4) is 0 Å². The van der Waals surface area contributed by atoms with Crippen LogP contribution in [-0.2, 0) is 0 Å². The van der Waals surface area contributed by atoms with Crippen molar-refractivity contribution in [2.75, 3.05) is 0 Å². The van der Waals surface area contributed by atoms with Crippen LogP contribution in [0.5, 0.6) is 0 Å². The second-order valence-corrected chi connectivity index (χ2v) is 3.73. The highest BCUT2D eigenvalue weighted by atomic mass is 35.5. The maximum atomic E-state index is 13.5. The molecule has 0 bridgehead atoms. The average Bonchev–Trinajstić information content (AvgIpc) is 2.76. The average molecular weight is 252 g/mol. The molecule has 3 nitrogen and oxygen atoms in total. The van der Waals surface area contributed by atoms with Gasteiger partial charge >= 0.3 is 0 Å². The van der Waals surface area contributed by atoms with Crippen LogP contribution in [-0.4, -0.2) is 16.8 Å². The van der Waals surface area contributed by atoms with Gasteiger partial charge in [0.05, 0.1) is 16.3 Å². The Kier molecular flexibility index (Phi) is 3.06. The highest BCUT2D eigenvalue weighted by Crippen LogP contribution is 2.20. The molecule has 0 aliphatic heterocycles. The molecule has 0 aliphatic rings. The van der Waals surface area contributed by atoms with Crippen LogP contribution >= 0.6 is 11.6 Å². The smallest absolute Gasteiger partial charge is 0.266 e. The molecule has 5 heteroatoms. The maximum absolute atomic E-state index is 13.5. The molecule has 0 fully saturated rings. The largest absolute Gasteiger partial charge is 0.296 e. The Morgan fingerprint density at radius 1 is 1.29 bits per heavy atom. The standard InChI is InChI=1S/C12H7ClFNO2/c13-9-4-1-5-10(14)11(9)12(17)15-6-2-3-8(15)7-16/h1-7H. The van der Waals surface area contributed by atoms with Crippen molar-refractivity contribution in [3.8, 4) is 0 Å². The van der Waals surface area contributed by atoms with Gasteiger partial charge in [0.2, 0.25) is 0 Å². The van der Waals surface area contributed by atoms with Crippen molar-refractivity contribution in [3.05, 3.63) is 58.6 Å². The Morgan fingerprint density at radius 3 is 2.71 bits per heavy atom. The first-order chi connectivity index (χ1) is 8.15. The highest BCUT2D eigenvalue weighted by Gasteiger charge is 2.18. The van der Waals surface area contributed by atoms with Crippen molar-refractivity contribution in [1.29, 1.82) is 0 Å². The minimum atomic E-state index is -0.715. The number of benzene rings is 1. The third-order valence-electron chi connectivity index (χ3n) is 2.30. The second kappa shape index (κ2) is 4.51. The van der Waals surface area contributed by atoms with Gasteiger partial charge in [-0.25, -0.2) is 4.39 Å². The molecule has 0 N–H and O–H groups in total. The van der Waals surface area contributed by atoms with Gasteiger partial charge in [0.15, 0.2) is 6.29 Å². The van der Waals surface area contributed by atoms with Crippen molar-refractivity contribution in [1.82, 2.24) is 4.57 Å². The zero-order valence-electron chi connectivity index (χ0n) is 8.56. The number of carbonyl (C=O) groups is 2. The molecule has 1 heterocycles. The molecule has 0 radical (unpaired) electrons. The summed E-state index contributed by atoms with van der Waals surface area (Å²) in [6, 6.07) is 6.95. The molecule has 0 spiro atoms. The molecule has 1 aromatic heterocycles. The summed E-state index contributed by atoms with van der Waals surface area (Å²) in [5.41, 5.74) is -0.0946. The molecule has 0 saturated heterocycles. The summed E-state index contributed by atoms with van der Waals surface area (Å²) in [6.07, 6.45) is 1.90. The van der Waals surface area contributed by atoms with Crippen LogP contribution < -0.4 is 0 Å². The summed E-state index contributed by atoms with van der Waals surface area (Å²) in [4.78, 5) is 22.7. The molecule has 0 atom stereocenters. The van der Waals surface area contributed by atoms with Crippen molar-refractivity contribution >= 4 is 23.8 Å². The lowest BCUT2D eigenvalue weighted by molar-refractivity contribution is 0.0943. The number of aldehydes is 1. The SMILES string of the molecule is O=Cc1cccn1C(=O)c1c(F)cccc1Cl. The lowest BCUT2D eigenvalue weighted by Gasteiger charge is -2.06. The first-order valence-electron chi connectivity index (χ1n) is 4.76. The monoisotopic (exact) mass is 251 g/mol. The number of carbonyl (C=O) groups excluding carboxylic acids is 2. The van der Waals surface area contributed by atoms with Gasteiger partial charge in [-0.15, -0.1) is 0 Å². The van der Waals surface area contributed by atoms with Gasteiger partial charge in [-0.2, -0.15) is 0 Å². The Labute approximate surface area is 101 Å². The Balaban J connectivity index is 2.55. The van der Waals surface area contributed by atoms with E-state index in [4.69, 9.17) is 11.6 Å². The van der Waals surface area contributed by atoms with E-state index >= 15 is 0 Å². The predicted octanol–water partition coefficient (Wildman–Crippen LogP) is 2.78.